The molecular formula is C11H32O4SiTi. The van der Waals surface area contributed by atoms with Crippen LogP contribution in [0.5, 0.6) is 0 Å². The Morgan fingerprint density at radius 2 is 1.00 bits per heavy atom. The predicted molar refractivity (Wildman–Crippen MR) is 73.2 cm³/mol. The average molecular weight is 304 g/mol. The second-order valence-corrected chi connectivity index (χ2v) is 8.67. The Hall–Kier alpha value is 0.771. The van der Waals surface area contributed by atoms with Crippen LogP contribution in [0.3, 0.4) is 0 Å². The Morgan fingerprint density at radius 3 is 1.00 bits per heavy atom. The van der Waals surface area contributed by atoms with Crippen LogP contribution in [0, 0.1) is 0 Å². The molecule has 17 heavy (non-hydrogen) atoms. The van der Waals surface area contributed by atoms with Gasteiger partial charge >= 0.3 is 0 Å². The molecule has 0 aromatic carbocycles. The van der Waals surface area contributed by atoms with Gasteiger partial charge in [0.25, 0.3) is 0 Å². The van der Waals surface area contributed by atoms with Gasteiger partial charge in [-0.15, -0.1) is 0 Å². The third kappa shape index (κ3) is 161. The minimum Gasteiger partial charge on any atom is -0.433 e. The van der Waals surface area contributed by atoms with E-state index in [2.05, 4.69) is 13.8 Å². The van der Waals surface area contributed by atoms with Crippen LogP contribution in [0.15, 0.2) is 0 Å². The monoisotopic (exact) mass is 304 g/mol. The summed E-state index contributed by atoms with van der Waals surface area (Å²) in [5.74, 6) is 0. The fourth-order valence-electron chi connectivity index (χ4n) is 0.316. The van der Waals surface area contributed by atoms with Crippen molar-refractivity contribution in [1.29, 1.82) is 0 Å². The molecule has 0 bridgehead atoms. The predicted octanol–water partition coefficient (Wildman–Crippen LogP) is 1.54. The molecule has 0 aliphatic carbocycles. The molecule has 0 saturated carbocycles. The molecule has 0 spiro atoms. The van der Waals surface area contributed by atoms with Crippen LogP contribution in [0.2, 0.25) is 19.6 Å². The molecule has 0 aromatic rings. The normalized spacial score (nSPS) is 8.47. The third-order valence-electron chi connectivity index (χ3n) is 1.02. The number of aliphatic hydroxyl groups excluding tert-OH is 2. The van der Waals surface area contributed by atoms with Crippen molar-refractivity contribution in [1.82, 2.24) is 0 Å². The molecular weight excluding hydrogens is 272 g/mol. The van der Waals surface area contributed by atoms with Gasteiger partial charge in [0.1, 0.15) is 0 Å². The zero-order chi connectivity index (χ0) is 12.7. The van der Waals surface area contributed by atoms with Crippen LogP contribution in [0.1, 0.15) is 39.5 Å². The second-order valence-electron chi connectivity index (χ2n) is 4.33. The number of hydrogen-bond acceptors (Lipinski definition) is 3. The Morgan fingerprint density at radius 1 is 0.824 bits per heavy atom. The van der Waals surface area contributed by atoms with Crippen molar-refractivity contribution in [3.63, 3.8) is 0 Å². The van der Waals surface area contributed by atoms with Gasteiger partial charge in [0.2, 0.25) is 0 Å². The van der Waals surface area contributed by atoms with Crippen molar-refractivity contribution in [3.05, 3.63) is 0 Å². The molecule has 0 aliphatic rings. The summed E-state index contributed by atoms with van der Waals surface area (Å²) in [4.78, 5) is 8.66. The van der Waals surface area contributed by atoms with Gasteiger partial charge in [-0.25, -0.2) is 0 Å². The fraction of sp³-hybridized carbons (Fsp3) is 1.00. The third-order valence-corrected chi connectivity index (χ3v) is 1.02. The fourth-order valence-corrected chi connectivity index (χ4v) is 0.316. The maximum atomic E-state index is 8.66. The van der Waals surface area contributed by atoms with E-state index < -0.39 is 8.32 Å². The number of unbranched alkanes of at least 4 members (excludes halogenated alkanes) is 2. The van der Waals surface area contributed by atoms with E-state index in [1.165, 1.54) is 0 Å². The molecule has 0 aromatic heterocycles. The SMILES string of the molecule is CCCCO.CCCCO.C[Si](C)(C)O.O.[Ti]. The Balaban J connectivity index is -0.0000000400. The van der Waals surface area contributed by atoms with Gasteiger partial charge in [-0.05, 0) is 32.5 Å². The first kappa shape index (κ1) is 30.6. The molecule has 0 atom stereocenters. The quantitative estimate of drug-likeness (QED) is 0.688. The van der Waals surface area contributed by atoms with Gasteiger partial charge in [-0.1, -0.05) is 26.7 Å². The largest absolute Gasteiger partial charge is 0.433 e. The molecule has 0 rings (SSSR count). The van der Waals surface area contributed by atoms with E-state index in [-0.39, 0.29) is 27.2 Å². The van der Waals surface area contributed by atoms with E-state index in [4.69, 9.17) is 15.0 Å². The standard InChI is InChI=1S/2C4H10O.C3H10OSi.H2O.Ti/c2*1-2-3-4-5;1-5(2,3)4;;/h2*5H,2-4H2,1H3;4H,1-3H3;1H2;. The zero-order valence-corrected chi connectivity index (χ0v) is 14.6. The molecule has 108 valence electrons. The van der Waals surface area contributed by atoms with Crippen molar-refractivity contribution < 1.29 is 42.2 Å². The Bertz CT molecular complexity index is 84.0. The molecule has 0 radical (unpaired) electrons. The van der Waals surface area contributed by atoms with Gasteiger partial charge in [0.05, 0.1) is 0 Å². The van der Waals surface area contributed by atoms with Crippen molar-refractivity contribution in [2.24, 2.45) is 0 Å². The first-order valence-electron chi connectivity index (χ1n) is 5.77. The molecule has 0 unspecified atom stereocenters. The van der Waals surface area contributed by atoms with Crippen molar-refractivity contribution >= 4 is 8.32 Å². The summed E-state index contributed by atoms with van der Waals surface area (Å²) < 4.78 is 0. The summed E-state index contributed by atoms with van der Waals surface area (Å²) in [6.45, 7) is 10.4. The Labute approximate surface area is 123 Å². The van der Waals surface area contributed by atoms with Crippen LogP contribution in [0.4, 0.5) is 0 Å². The molecule has 0 heterocycles. The summed E-state index contributed by atoms with van der Waals surface area (Å²) in [6, 6.07) is 0. The molecule has 0 aliphatic heterocycles. The van der Waals surface area contributed by atoms with Gasteiger partial charge in [-0.2, -0.15) is 0 Å². The minimum atomic E-state index is -1.61. The molecule has 0 saturated heterocycles. The summed E-state index contributed by atoms with van der Waals surface area (Å²) in [5, 5.41) is 16.1. The number of rotatable bonds is 4. The van der Waals surface area contributed by atoms with E-state index in [0.29, 0.717) is 13.2 Å². The minimum absolute atomic E-state index is 0. The van der Waals surface area contributed by atoms with Crippen LogP contribution in [-0.2, 0) is 21.7 Å². The molecule has 5 N–H and O–H groups in total. The molecule has 0 fully saturated rings. The summed E-state index contributed by atoms with van der Waals surface area (Å²) in [7, 11) is -1.61. The Kier molecular flexibility index (Phi) is 46.1. The van der Waals surface area contributed by atoms with E-state index in [9.17, 15) is 0 Å². The smallest absolute Gasteiger partial charge is 0.179 e. The summed E-state index contributed by atoms with van der Waals surface area (Å²) in [6.07, 6.45) is 4.08. The summed E-state index contributed by atoms with van der Waals surface area (Å²) in [5.41, 5.74) is 0. The van der Waals surface area contributed by atoms with Crippen LogP contribution in [0.25, 0.3) is 0 Å². The second kappa shape index (κ2) is 25.6. The van der Waals surface area contributed by atoms with Crippen molar-refractivity contribution in [3.8, 4) is 0 Å². The first-order valence-corrected chi connectivity index (χ1v) is 9.22. The molecule has 4 nitrogen and oxygen atoms in total. The molecule has 0 amide bonds. The van der Waals surface area contributed by atoms with Crippen LogP contribution < -0.4 is 0 Å². The van der Waals surface area contributed by atoms with E-state index in [1.54, 1.807) is 0 Å². The van der Waals surface area contributed by atoms with Gasteiger partial charge in [-0.3, -0.25) is 0 Å². The van der Waals surface area contributed by atoms with E-state index in [0.717, 1.165) is 25.7 Å². The first-order chi connectivity index (χ1) is 6.83. The maximum absolute atomic E-state index is 8.66. The van der Waals surface area contributed by atoms with E-state index >= 15 is 0 Å². The van der Waals surface area contributed by atoms with Crippen LogP contribution in [-0.4, -0.2) is 42.0 Å². The van der Waals surface area contributed by atoms with E-state index in [1.807, 2.05) is 19.6 Å². The van der Waals surface area contributed by atoms with Crippen LogP contribution >= 0.6 is 0 Å². The average Bonchev–Trinajstić information content (AvgIpc) is 2.05. The van der Waals surface area contributed by atoms with Crippen molar-refractivity contribution in [2.75, 3.05) is 13.2 Å². The maximum Gasteiger partial charge on any atom is 0.179 e. The van der Waals surface area contributed by atoms with Gasteiger partial charge < -0.3 is 20.5 Å². The van der Waals surface area contributed by atoms with Crippen molar-refractivity contribution in [2.45, 2.75) is 59.2 Å². The zero-order valence-electron chi connectivity index (χ0n) is 12.1. The van der Waals surface area contributed by atoms with Gasteiger partial charge in [0.15, 0.2) is 8.32 Å². The number of hydrogen-bond donors (Lipinski definition) is 3. The summed E-state index contributed by atoms with van der Waals surface area (Å²) >= 11 is 0. The topological polar surface area (TPSA) is 92.2 Å². The molecule has 6 heteroatoms. The van der Waals surface area contributed by atoms with Gasteiger partial charge in [0, 0.05) is 34.9 Å². The number of aliphatic hydroxyl groups is 2.